The van der Waals surface area contributed by atoms with E-state index in [2.05, 4.69) is 0 Å². The Morgan fingerprint density at radius 3 is 2.59 bits per heavy atom. The highest BCUT2D eigenvalue weighted by Crippen LogP contribution is 2.31. The van der Waals surface area contributed by atoms with Crippen molar-refractivity contribution in [3.63, 3.8) is 0 Å². The van der Waals surface area contributed by atoms with E-state index in [1.807, 2.05) is 12.1 Å². The van der Waals surface area contributed by atoms with Crippen LogP contribution in [0.1, 0.15) is 5.56 Å². The van der Waals surface area contributed by atoms with Gasteiger partial charge in [-0.1, -0.05) is 24.3 Å². The summed E-state index contributed by atoms with van der Waals surface area (Å²) in [5.41, 5.74) is 0.856. The summed E-state index contributed by atoms with van der Waals surface area (Å²) in [7, 11) is 1.69. The first kappa shape index (κ1) is 14.4. The number of carbonyl (C=O) groups is 1. The number of carbonyl (C=O) groups excluding carboxylic acids is 1. The number of nitrogens with zero attached hydrogens (tertiary/aromatic N) is 1. The maximum absolute atomic E-state index is 12.9. The van der Waals surface area contributed by atoms with Crippen molar-refractivity contribution in [1.29, 1.82) is 0 Å². The first-order valence-electron chi connectivity index (χ1n) is 7.01. The summed E-state index contributed by atoms with van der Waals surface area (Å²) in [6.07, 6.45) is -0.666. The van der Waals surface area contributed by atoms with Crippen molar-refractivity contribution in [3.05, 3.63) is 59.9 Å². The lowest BCUT2D eigenvalue weighted by molar-refractivity contribution is -0.140. The summed E-state index contributed by atoms with van der Waals surface area (Å²) in [6.45, 7) is 0.574. The Labute approximate surface area is 128 Å². The van der Waals surface area contributed by atoms with Gasteiger partial charge < -0.3 is 14.4 Å². The van der Waals surface area contributed by atoms with E-state index in [0.717, 1.165) is 5.56 Å². The first-order chi connectivity index (χ1) is 10.6. The van der Waals surface area contributed by atoms with Gasteiger partial charge in [0.2, 0.25) is 6.10 Å². The molecule has 0 saturated heterocycles. The Hall–Kier alpha value is -2.56. The van der Waals surface area contributed by atoms with Gasteiger partial charge in [-0.15, -0.1) is 0 Å². The summed E-state index contributed by atoms with van der Waals surface area (Å²) in [6, 6.07) is 13.3. The molecular formula is C17H16FNO3. The molecule has 2 aromatic carbocycles. The molecular weight excluding hydrogens is 285 g/mol. The molecule has 1 amide bonds. The lowest BCUT2D eigenvalue weighted by Gasteiger charge is -2.28. The van der Waals surface area contributed by atoms with Crippen molar-refractivity contribution in [2.75, 3.05) is 13.7 Å². The minimum Gasteiger partial charge on any atom is -0.485 e. The second kappa shape index (κ2) is 6.05. The van der Waals surface area contributed by atoms with Crippen molar-refractivity contribution in [3.8, 4) is 11.5 Å². The summed E-state index contributed by atoms with van der Waals surface area (Å²) >= 11 is 0. The number of amides is 1. The quantitative estimate of drug-likeness (QED) is 0.875. The third kappa shape index (κ3) is 3.03. The number of halogens is 1. The molecule has 1 aliphatic rings. The van der Waals surface area contributed by atoms with Crippen LogP contribution in [0.2, 0.25) is 0 Å². The Morgan fingerprint density at radius 1 is 1.18 bits per heavy atom. The Bertz CT molecular complexity index is 672. The lowest BCUT2D eigenvalue weighted by Crippen LogP contribution is -2.44. The summed E-state index contributed by atoms with van der Waals surface area (Å²) in [4.78, 5) is 14.0. The number of para-hydroxylation sites is 2. The molecule has 0 spiro atoms. The summed E-state index contributed by atoms with van der Waals surface area (Å²) in [5.74, 6) is 0.757. The number of benzene rings is 2. The fourth-order valence-corrected chi connectivity index (χ4v) is 2.33. The van der Waals surface area contributed by atoms with E-state index in [4.69, 9.17) is 9.47 Å². The predicted molar refractivity (Wildman–Crippen MR) is 79.2 cm³/mol. The van der Waals surface area contributed by atoms with Gasteiger partial charge in [0, 0.05) is 13.6 Å². The number of likely N-dealkylation sites (N-methyl/N-ethyl adjacent to an activating group) is 1. The lowest BCUT2D eigenvalue weighted by atomic mass is 10.2. The van der Waals surface area contributed by atoms with Crippen LogP contribution in [0.15, 0.2) is 48.5 Å². The molecule has 0 unspecified atom stereocenters. The summed E-state index contributed by atoms with van der Waals surface area (Å²) < 4.78 is 24.1. The third-order valence-corrected chi connectivity index (χ3v) is 3.49. The zero-order valence-electron chi connectivity index (χ0n) is 12.2. The van der Waals surface area contributed by atoms with E-state index in [1.165, 1.54) is 12.1 Å². The van der Waals surface area contributed by atoms with Gasteiger partial charge in [0.15, 0.2) is 11.5 Å². The average molecular weight is 301 g/mol. The smallest absolute Gasteiger partial charge is 0.267 e. The molecule has 0 radical (unpaired) electrons. The Kier molecular flexibility index (Phi) is 3.96. The standard InChI is InChI=1S/C17H16FNO3/c1-19(10-12-6-8-13(18)9-7-12)17(20)16-11-21-14-4-2-3-5-15(14)22-16/h2-9,16H,10-11H2,1H3/t16-/m1/s1. The molecule has 2 aromatic rings. The predicted octanol–water partition coefficient (Wildman–Crippen LogP) is 2.62. The molecule has 5 heteroatoms. The van der Waals surface area contributed by atoms with Crippen molar-refractivity contribution in [2.24, 2.45) is 0 Å². The van der Waals surface area contributed by atoms with Gasteiger partial charge in [-0.05, 0) is 29.8 Å². The average Bonchev–Trinajstić information content (AvgIpc) is 2.55. The van der Waals surface area contributed by atoms with Gasteiger partial charge in [-0.2, -0.15) is 0 Å². The van der Waals surface area contributed by atoms with Crippen molar-refractivity contribution in [1.82, 2.24) is 4.90 Å². The zero-order valence-corrected chi connectivity index (χ0v) is 12.2. The molecule has 22 heavy (non-hydrogen) atoms. The maximum Gasteiger partial charge on any atom is 0.267 e. The van der Waals surface area contributed by atoms with Gasteiger partial charge in [0.1, 0.15) is 12.4 Å². The molecule has 1 atom stereocenters. The highest BCUT2D eigenvalue weighted by atomic mass is 19.1. The molecule has 114 valence electrons. The molecule has 1 heterocycles. The van der Waals surface area contributed by atoms with E-state index < -0.39 is 6.10 Å². The summed E-state index contributed by atoms with van der Waals surface area (Å²) in [5, 5.41) is 0. The second-order valence-electron chi connectivity index (χ2n) is 5.18. The minimum absolute atomic E-state index is 0.168. The van der Waals surface area contributed by atoms with E-state index in [0.29, 0.717) is 18.0 Å². The topological polar surface area (TPSA) is 38.8 Å². The van der Waals surface area contributed by atoms with Crippen LogP contribution in [0.4, 0.5) is 4.39 Å². The molecule has 0 N–H and O–H groups in total. The van der Waals surface area contributed by atoms with Gasteiger partial charge >= 0.3 is 0 Å². The van der Waals surface area contributed by atoms with Crippen LogP contribution in [0.3, 0.4) is 0 Å². The Balaban J connectivity index is 1.65. The molecule has 0 bridgehead atoms. The second-order valence-corrected chi connectivity index (χ2v) is 5.18. The van der Waals surface area contributed by atoms with Crippen LogP contribution in [0.5, 0.6) is 11.5 Å². The maximum atomic E-state index is 12.9. The Morgan fingerprint density at radius 2 is 1.86 bits per heavy atom. The van der Waals surface area contributed by atoms with Gasteiger partial charge in [0.05, 0.1) is 0 Å². The number of ether oxygens (including phenoxy) is 2. The van der Waals surface area contributed by atoms with Crippen molar-refractivity contribution in [2.45, 2.75) is 12.6 Å². The van der Waals surface area contributed by atoms with Crippen LogP contribution < -0.4 is 9.47 Å². The highest BCUT2D eigenvalue weighted by Gasteiger charge is 2.29. The van der Waals surface area contributed by atoms with Gasteiger partial charge in [-0.3, -0.25) is 4.79 Å². The van der Waals surface area contributed by atoms with E-state index in [9.17, 15) is 9.18 Å². The molecule has 0 saturated carbocycles. The minimum atomic E-state index is -0.666. The normalized spacial score (nSPS) is 16.2. The van der Waals surface area contributed by atoms with Crippen molar-refractivity contribution >= 4 is 5.91 Å². The number of hydrogen-bond donors (Lipinski definition) is 0. The van der Waals surface area contributed by atoms with Crippen LogP contribution in [-0.2, 0) is 11.3 Å². The largest absolute Gasteiger partial charge is 0.485 e. The van der Waals surface area contributed by atoms with E-state index >= 15 is 0 Å². The van der Waals surface area contributed by atoms with Crippen LogP contribution in [0.25, 0.3) is 0 Å². The fraction of sp³-hybridized carbons (Fsp3) is 0.235. The molecule has 0 aromatic heterocycles. The molecule has 0 aliphatic carbocycles. The molecule has 3 rings (SSSR count). The number of fused-ring (bicyclic) bond motifs is 1. The molecule has 1 aliphatic heterocycles. The zero-order chi connectivity index (χ0) is 15.5. The monoisotopic (exact) mass is 301 g/mol. The first-order valence-corrected chi connectivity index (χ1v) is 7.01. The fourth-order valence-electron chi connectivity index (χ4n) is 2.33. The highest BCUT2D eigenvalue weighted by molar-refractivity contribution is 5.81. The molecule has 4 nitrogen and oxygen atoms in total. The van der Waals surface area contributed by atoms with E-state index in [1.54, 1.807) is 36.2 Å². The van der Waals surface area contributed by atoms with Crippen molar-refractivity contribution < 1.29 is 18.7 Å². The van der Waals surface area contributed by atoms with Gasteiger partial charge in [0.25, 0.3) is 5.91 Å². The van der Waals surface area contributed by atoms with Gasteiger partial charge in [-0.25, -0.2) is 4.39 Å². The van der Waals surface area contributed by atoms with Crippen LogP contribution >= 0.6 is 0 Å². The number of hydrogen-bond acceptors (Lipinski definition) is 3. The van der Waals surface area contributed by atoms with E-state index in [-0.39, 0.29) is 18.3 Å². The SMILES string of the molecule is CN(Cc1ccc(F)cc1)C(=O)[C@H]1COc2ccccc2O1. The third-order valence-electron chi connectivity index (χ3n) is 3.49. The molecule has 0 fully saturated rings. The van der Waals surface area contributed by atoms with Crippen LogP contribution in [-0.4, -0.2) is 30.6 Å². The van der Waals surface area contributed by atoms with Crippen LogP contribution in [0, 0.1) is 5.82 Å². The number of rotatable bonds is 3.